The summed E-state index contributed by atoms with van der Waals surface area (Å²) >= 11 is 0. The Kier molecular flexibility index (Phi) is 6.07. The highest BCUT2D eigenvalue weighted by Gasteiger charge is 2.12. The van der Waals surface area contributed by atoms with Crippen LogP contribution in [0.5, 0.6) is 5.75 Å². The number of methoxy groups -OCH3 is 1. The molecule has 5 heteroatoms. The van der Waals surface area contributed by atoms with Crippen molar-refractivity contribution in [2.24, 2.45) is 0 Å². The van der Waals surface area contributed by atoms with E-state index in [4.69, 9.17) is 4.74 Å². The Balaban J connectivity index is 1.70. The predicted molar refractivity (Wildman–Crippen MR) is 111 cm³/mol. The Bertz CT molecular complexity index is 984. The van der Waals surface area contributed by atoms with Crippen molar-refractivity contribution in [2.75, 3.05) is 17.7 Å². The fourth-order valence-electron chi connectivity index (χ4n) is 2.85. The van der Waals surface area contributed by atoms with Gasteiger partial charge in [-0.3, -0.25) is 9.59 Å². The van der Waals surface area contributed by atoms with Gasteiger partial charge in [-0.1, -0.05) is 36.4 Å². The van der Waals surface area contributed by atoms with Crippen LogP contribution in [0.3, 0.4) is 0 Å². The lowest BCUT2D eigenvalue weighted by Gasteiger charge is -2.14. The van der Waals surface area contributed by atoms with Crippen LogP contribution in [0.15, 0.2) is 72.8 Å². The minimum Gasteiger partial charge on any atom is -0.497 e. The van der Waals surface area contributed by atoms with Gasteiger partial charge < -0.3 is 15.4 Å². The first-order chi connectivity index (χ1) is 13.6. The summed E-state index contributed by atoms with van der Waals surface area (Å²) in [6.07, 6.45) is 0.233. The minimum absolute atomic E-state index is 0.136. The molecule has 5 nitrogen and oxygen atoms in total. The minimum atomic E-state index is -0.191. The quantitative estimate of drug-likeness (QED) is 0.670. The van der Waals surface area contributed by atoms with Crippen molar-refractivity contribution in [3.8, 4) is 5.75 Å². The van der Waals surface area contributed by atoms with Gasteiger partial charge in [-0.15, -0.1) is 0 Å². The smallest absolute Gasteiger partial charge is 0.255 e. The van der Waals surface area contributed by atoms with Crippen LogP contribution >= 0.6 is 0 Å². The molecule has 0 atom stereocenters. The number of amides is 2. The number of carbonyl (C=O) groups excluding carboxylic acids is 2. The molecule has 0 saturated heterocycles. The molecule has 3 aromatic carbocycles. The molecule has 2 amide bonds. The van der Waals surface area contributed by atoms with Crippen LogP contribution in [0.1, 0.15) is 21.5 Å². The summed E-state index contributed by atoms with van der Waals surface area (Å²) < 4.78 is 5.19. The Morgan fingerprint density at radius 3 is 2.25 bits per heavy atom. The molecule has 0 spiro atoms. The second-order valence-electron chi connectivity index (χ2n) is 6.37. The third kappa shape index (κ3) is 4.76. The summed E-state index contributed by atoms with van der Waals surface area (Å²) in [6, 6.07) is 21.8. The first-order valence-corrected chi connectivity index (χ1v) is 8.95. The molecule has 0 aliphatic rings. The van der Waals surface area contributed by atoms with Crippen molar-refractivity contribution in [3.63, 3.8) is 0 Å². The fraction of sp³-hybridized carbons (Fsp3) is 0.130. The van der Waals surface area contributed by atoms with Crippen molar-refractivity contribution in [1.29, 1.82) is 0 Å². The van der Waals surface area contributed by atoms with E-state index in [1.165, 1.54) is 0 Å². The fourth-order valence-corrected chi connectivity index (χ4v) is 2.85. The maximum atomic E-state index is 12.4. The number of hydrogen-bond donors (Lipinski definition) is 2. The van der Waals surface area contributed by atoms with Crippen LogP contribution in [0.4, 0.5) is 11.4 Å². The molecule has 0 saturated carbocycles. The molecule has 0 fully saturated rings. The van der Waals surface area contributed by atoms with Gasteiger partial charge in [-0.25, -0.2) is 0 Å². The molecule has 0 unspecified atom stereocenters. The first-order valence-electron chi connectivity index (χ1n) is 8.95. The molecule has 3 aromatic rings. The van der Waals surface area contributed by atoms with Crippen LogP contribution in [0.25, 0.3) is 0 Å². The predicted octanol–water partition coefficient (Wildman–Crippen LogP) is 4.44. The molecule has 28 heavy (non-hydrogen) atoms. The normalized spacial score (nSPS) is 10.2. The van der Waals surface area contributed by atoms with E-state index in [0.717, 1.165) is 11.1 Å². The van der Waals surface area contributed by atoms with Crippen molar-refractivity contribution >= 4 is 23.2 Å². The van der Waals surface area contributed by atoms with Crippen molar-refractivity contribution in [2.45, 2.75) is 13.3 Å². The second-order valence-corrected chi connectivity index (χ2v) is 6.37. The van der Waals surface area contributed by atoms with Crippen LogP contribution in [-0.4, -0.2) is 18.9 Å². The number of anilines is 2. The first kappa shape index (κ1) is 19.2. The summed E-state index contributed by atoms with van der Waals surface area (Å²) in [5.74, 6) is 0.388. The lowest BCUT2D eigenvalue weighted by Crippen LogP contribution is -2.17. The Labute approximate surface area is 164 Å². The van der Waals surface area contributed by atoms with E-state index in [2.05, 4.69) is 10.6 Å². The zero-order chi connectivity index (χ0) is 19.9. The Morgan fingerprint density at radius 2 is 1.54 bits per heavy atom. The molecule has 142 valence electrons. The standard InChI is InChI=1S/C23H22N2O3/c1-16-20(24-22(26)15-17-8-6-11-19(14-17)28-2)12-7-13-21(16)25-23(27)18-9-4-3-5-10-18/h3-14H,15H2,1-2H3,(H,24,26)(H,25,27). The summed E-state index contributed by atoms with van der Waals surface area (Å²) in [7, 11) is 1.60. The van der Waals surface area contributed by atoms with Gasteiger partial charge in [0, 0.05) is 16.9 Å². The van der Waals surface area contributed by atoms with E-state index >= 15 is 0 Å². The SMILES string of the molecule is COc1cccc(CC(=O)Nc2cccc(NC(=O)c3ccccc3)c2C)c1. The van der Waals surface area contributed by atoms with Crippen molar-refractivity contribution in [3.05, 3.63) is 89.5 Å². The number of ether oxygens (including phenoxy) is 1. The van der Waals surface area contributed by atoms with Gasteiger partial charge in [0.1, 0.15) is 5.75 Å². The van der Waals surface area contributed by atoms with Crippen LogP contribution < -0.4 is 15.4 Å². The topological polar surface area (TPSA) is 67.4 Å². The van der Waals surface area contributed by atoms with Gasteiger partial charge in [0.2, 0.25) is 5.91 Å². The second kappa shape index (κ2) is 8.86. The van der Waals surface area contributed by atoms with E-state index in [0.29, 0.717) is 22.7 Å². The molecule has 0 bridgehead atoms. The highest BCUT2D eigenvalue weighted by Crippen LogP contribution is 2.24. The zero-order valence-electron chi connectivity index (χ0n) is 15.9. The number of carbonyl (C=O) groups is 2. The van der Waals surface area contributed by atoms with Gasteiger partial charge in [0.15, 0.2) is 0 Å². The maximum absolute atomic E-state index is 12.4. The number of benzene rings is 3. The summed E-state index contributed by atoms with van der Waals surface area (Å²) in [4.78, 5) is 24.8. The molecular weight excluding hydrogens is 352 g/mol. The molecule has 0 radical (unpaired) electrons. The maximum Gasteiger partial charge on any atom is 0.255 e. The van der Waals surface area contributed by atoms with E-state index in [1.807, 2.05) is 61.5 Å². The Hall–Kier alpha value is -3.60. The van der Waals surface area contributed by atoms with Crippen LogP contribution in [0.2, 0.25) is 0 Å². The third-order valence-corrected chi connectivity index (χ3v) is 4.39. The van der Waals surface area contributed by atoms with Gasteiger partial charge in [-0.2, -0.15) is 0 Å². The average molecular weight is 374 g/mol. The lowest BCUT2D eigenvalue weighted by molar-refractivity contribution is -0.115. The number of rotatable bonds is 6. The van der Waals surface area contributed by atoms with E-state index in [1.54, 1.807) is 25.3 Å². The van der Waals surface area contributed by atoms with Crippen LogP contribution in [-0.2, 0) is 11.2 Å². The zero-order valence-corrected chi connectivity index (χ0v) is 15.9. The molecular formula is C23H22N2O3. The van der Waals surface area contributed by atoms with E-state index in [9.17, 15) is 9.59 Å². The molecule has 0 heterocycles. The van der Waals surface area contributed by atoms with Crippen LogP contribution in [0, 0.1) is 6.92 Å². The van der Waals surface area contributed by atoms with Gasteiger partial charge in [0.25, 0.3) is 5.91 Å². The molecule has 3 rings (SSSR count). The van der Waals surface area contributed by atoms with Gasteiger partial charge in [0.05, 0.1) is 13.5 Å². The molecule has 0 aliphatic carbocycles. The number of hydrogen-bond acceptors (Lipinski definition) is 3. The highest BCUT2D eigenvalue weighted by atomic mass is 16.5. The van der Waals surface area contributed by atoms with Crippen molar-refractivity contribution < 1.29 is 14.3 Å². The van der Waals surface area contributed by atoms with Crippen molar-refractivity contribution in [1.82, 2.24) is 0 Å². The van der Waals surface area contributed by atoms with Gasteiger partial charge >= 0.3 is 0 Å². The molecule has 2 N–H and O–H groups in total. The molecule has 0 aromatic heterocycles. The summed E-state index contributed by atoms with van der Waals surface area (Å²) in [5.41, 5.74) is 3.56. The summed E-state index contributed by atoms with van der Waals surface area (Å²) in [5, 5.41) is 5.82. The van der Waals surface area contributed by atoms with E-state index < -0.39 is 0 Å². The Morgan fingerprint density at radius 1 is 0.857 bits per heavy atom. The summed E-state index contributed by atoms with van der Waals surface area (Å²) in [6.45, 7) is 1.86. The third-order valence-electron chi connectivity index (χ3n) is 4.39. The van der Waals surface area contributed by atoms with Gasteiger partial charge in [-0.05, 0) is 54.4 Å². The molecule has 0 aliphatic heterocycles. The largest absolute Gasteiger partial charge is 0.497 e. The van der Waals surface area contributed by atoms with E-state index in [-0.39, 0.29) is 18.2 Å². The average Bonchev–Trinajstić information content (AvgIpc) is 2.71. The highest BCUT2D eigenvalue weighted by molar-refractivity contribution is 6.05. The number of nitrogens with one attached hydrogen (secondary N) is 2. The monoisotopic (exact) mass is 374 g/mol. The lowest BCUT2D eigenvalue weighted by atomic mass is 10.1.